The molecule has 0 aliphatic carbocycles. The number of benzene rings is 2. The molecule has 0 atom stereocenters. The van der Waals surface area contributed by atoms with Crippen LogP contribution in [0.2, 0.25) is 10.0 Å². The highest BCUT2D eigenvalue weighted by molar-refractivity contribution is 7.92. The van der Waals surface area contributed by atoms with E-state index in [9.17, 15) is 13.2 Å². The number of sulfonamides is 1. The van der Waals surface area contributed by atoms with E-state index >= 15 is 0 Å². The Labute approximate surface area is 210 Å². The third kappa shape index (κ3) is 4.30. The molecule has 0 unspecified atom stereocenters. The van der Waals surface area contributed by atoms with E-state index in [4.69, 9.17) is 23.2 Å². The van der Waals surface area contributed by atoms with Crippen molar-refractivity contribution < 1.29 is 13.2 Å². The Kier molecular flexibility index (Phi) is 5.85. The SMILES string of the molecule is CN1Cc2cc(-c3ccc(-c4cncc(NS(=O)(=O)c5ccc(Cl)cc5Cl)c4)s3)ccc2C1=O. The van der Waals surface area contributed by atoms with Crippen molar-refractivity contribution in [3.8, 4) is 20.9 Å². The Morgan fingerprint density at radius 1 is 0.971 bits per heavy atom. The second kappa shape index (κ2) is 8.70. The van der Waals surface area contributed by atoms with E-state index in [1.807, 2.05) is 30.3 Å². The zero-order chi connectivity index (χ0) is 24.0. The normalized spacial score (nSPS) is 13.3. The lowest BCUT2D eigenvalue weighted by Crippen LogP contribution is -2.17. The van der Waals surface area contributed by atoms with Crippen LogP contribution in [0.15, 0.2) is 71.9 Å². The highest BCUT2D eigenvalue weighted by atomic mass is 35.5. The van der Waals surface area contributed by atoms with Crippen LogP contribution >= 0.6 is 34.5 Å². The summed E-state index contributed by atoms with van der Waals surface area (Å²) < 4.78 is 28.2. The van der Waals surface area contributed by atoms with Crippen LogP contribution in [0.3, 0.4) is 0 Å². The quantitative estimate of drug-likeness (QED) is 0.335. The van der Waals surface area contributed by atoms with Gasteiger partial charge < -0.3 is 4.90 Å². The Morgan fingerprint density at radius 2 is 1.74 bits per heavy atom. The molecular weight excluding hydrogens is 513 g/mol. The maximum Gasteiger partial charge on any atom is 0.263 e. The summed E-state index contributed by atoms with van der Waals surface area (Å²) in [6.07, 6.45) is 3.12. The van der Waals surface area contributed by atoms with Gasteiger partial charge in [0.05, 0.1) is 16.9 Å². The maximum atomic E-state index is 12.8. The van der Waals surface area contributed by atoms with E-state index in [0.717, 1.165) is 32.0 Å². The molecule has 1 N–H and O–H groups in total. The molecule has 3 heterocycles. The molecule has 0 saturated carbocycles. The van der Waals surface area contributed by atoms with Crippen LogP contribution in [0.5, 0.6) is 0 Å². The lowest BCUT2D eigenvalue weighted by molar-refractivity contribution is 0.0816. The molecule has 0 bridgehead atoms. The minimum Gasteiger partial charge on any atom is -0.337 e. The third-order valence-electron chi connectivity index (χ3n) is 5.44. The van der Waals surface area contributed by atoms with Gasteiger partial charge in [0.2, 0.25) is 0 Å². The molecule has 2 aromatic heterocycles. The number of hydrogen-bond donors (Lipinski definition) is 1. The Bertz CT molecular complexity index is 1550. The molecular formula is C24H17Cl2N3O3S2. The predicted molar refractivity (Wildman–Crippen MR) is 136 cm³/mol. The first kappa shape index (κ1) is 22.9. The third-order valence-corrected chi connectivity index (χ3v) is 8.72. The van der Waals surface area contributed by atoms with Gasteiger partial charge in [-0.2, -0.15) is 0 Å². The molecule has 0 fully saturated rings. The number of carbonyl (C=O) groups is 1. The number of amides is 1. The van der Waals surface area contributed by atoms with Crippen molar-refractivity contribution in [1.29, 1.82) is 0 Å². The summed E-state index contributed by atoms with van der Waals surface area (Å²) in [6.45, 7) is 0.601. The van der Waals surface area contributed by atoms with E-state index in [-0.39, 0.29) is 15.8 Å². The molecule has 172 valence electrons. The lowest BCUT2D eigenvalue weighted by atomic mass is 10.1. The topological polar surface area (TPSA) is 79.4 Å². The van der Waals surface area contributed by atoms with Crippen LogP contribution in [-0.4, -0.2) is 31.3 Å². The fourth-order valence-corrected chi connectivity index (χ4v) is 6.59. The van der Waals surface area contributed by atoms with Gasteiger partial charge in [0, 0.05) is 45.7 Å². The smallest absolute Gasteiger partial charge is 0.263 e. The molecule has 1 aliphatic rings. The Hall–Kier alpha value is -2.91. The number of nitrogens with zero attached hydrogens (tertiary/aromatic N) is 2. The molecule has 5 rings (SSSR count). The van der Waals surface area contributed by atoms with Crippen molar-refractivity contribution in [2.24, 2.45) is 0 Å². The lowest BCUT2D eigenvalue weighted by Gasteiger charge is -2.10. The highest BCUT2D eigenvalue weighted by Crippen LogP contribution is 2.37. The van der Waals surface area contributed by atoms with Gasteiger partial charge in [-0.15, -0.1) is 11.3 Å². The minimum atomic E-state index is -3.92. The molecule has 0 saturated heterocycles. The molecule has 10 heteroatoms. The van der Waals surface area contributed by atoms with Gasteiger partial charge >= 0.3 is 0 Å². The Morgan fingerprint density at radius 3 is 2.50 bits per heavy atom. The van der Waals surface area contributed by atoms with E-state index in [2.05, 4.69) is 9.71 Å². The molecule has 34 heavy (non-hydrogen) atoms. The Balaban J connectivity index is 1.41. The number of halogens is 2. The zero-order valence-corrected chi connectivity index (χ0v) is 20.9. The number of anilines is 1. The summed E-state index contributed by atoms with van der Waals surface area (Å²) in [5.41, 5.74) is 3.87. The number of aromatic nitrogens is 1. The van der Waals surface area contributed by atoms with E-state index in [1.54, 1.807) is 35.5 Å². The second-order valence-electron chi connectivity index (χ2n) is 7.84. The fourth-order valence-electron chi connectivity index (χ4n) is 3.80. The van der Waals surface area contributed by atoms with Crippen LogP contribution in [-0.2, 0) is 16.6 Å². The molecule has 2 aromatic carbocycles. The van der Waals surface area contributed by atoms with Crippen molar-refractivity contribution >= 4 is 56.2 Å². The monoisotopic (exact) mass is 529 g/mol. The number of rotatable bonds is 5. The summed E-state index contributed by atoms with van der Waals surface area (Å²) in [6, 6.07) is 15.8. The summed E-state index contributed by atoms with van der Waals surface area (Å²) in [7, 11) is -2.13. The number of pyridine rings is 1. The highest BCUT2D eigenvalue weighted by Gasteiger charge is 2.24. The maximum absolute atomic E-state index is 12.8. The van der Waals surface area contributed by atoms with E-state index in [1.165, 1.54) is 24.4 Å². The van der Waals surface area contributed by atoms with Gasteiger partial charge in [-0.05, 0) is 59.7 Å². The molecule has 1 amide bonds. The van der Waals surface area contributed by atoms with Gasteiger partial charge in [0.1, 0.15) is 4.90 Å². The minimum absolute atomic E-state index is 0.0363. The first-order valence-corrected chi connectivity index (χ1v) is 13.2. The molecule has 6 nitrogen and oxygen atoms in total. The van der Waals surface area contributed by atoms with Gasteiger partial charge in [0.15, 0.2) is 0 Å². The fraction of sp³-hybridized carbons (Fsp3) is 0.0833. The largest absolute Gasteiger partial charge is 0.337 e. The van der Waals surface area contributed by atoms with E-state index in [0.29, 0.717) is 17.3 Å². The van der Waals surface area contributed by atoms with Crippen molar-refractivity contribution in [3.63, 3.8) is 0 Å². The molecule has 1 aliphatic heterocycles. The number of nitrogens with one attached hydrogen (secondary N) is 1. The van der Waals surface area contributed by atoms with Gasteiger partial charge in [-0.25, -0.2) is 8.42 Å². The average Bonchev–Trinajstić information content (AvgIpc) is 3.38. The van der Waals surface area contributed by atoms with Crippen LogP contribution in [0.1, 0.15) is 15.9 Å². The number of fused-ring (bicyclic) bond motifs is 1. The van der Waals surface area contributed by atoms with Crippen LogP contribution in [0.25, 0.3) is 20.9 Å². The summed E-state index contributed by atoms with van der Waals surface area (Å²) in [4.78, 5) is 20.0. The van der Waals surface area contributed by atoms with Crippen LogP contribution in [0, 0.1) is 0 Å². The van der Waals surface area contributed by atoms with Crippen molar-refractivity contribution in [3.05, 3.63) is 88.2 Å². The first-order chi connectivity index (χ1) is 16.2. The van der Waals surface area contributed by atoms with Gasteiger partial charge in [-0.3, -0.25) is 14.5 Å². The number of thiophene rings is 1. The second-order valence-corrected chi connectivity index (χ2v) is 11.4. The van der Waals surface area contributed by atoms with Gasteiger partial charge in [-0.1, -0.05) is 29.3 Å². The number of hydrogen-bond acceptors (Lipinski definition) is 5. The zero-order valence-electron chi connectivity index (χ0n) is 17.7. The summed E-state index contributed by atoms with van der Waals surface area (Å²) in [5.74, 6) is 0.0404. The van der Waals surface area contributed by atoms with E-state index < -0.39 is 10.0 Å². The first-order valence-electron chi connectivity index (χ1n) is 10.1. The van der Waals surface area contributed by atoms with Crippen LogP contribution < -0.4 is 4.72 Å². The predicted octanol–water partition coefficient (Wildman–Crippen LogP) is 6.17. The van der Waals surface area contributed by atoms with Crippen molar-refractivity contribution in [2.75, 3.05) is 11.8 Å². The average molecular weight is 530 g/mol. The molecule has 0 spiro atoms. The number of carbonyl (C=O) groups excluding carboxylic acids is 1. The van der Waals surface area contributed by atoms with Crippen LogP contribution in [0.4, 0.5) is 5.69 Å². The van der Waals surface area contributed by atoms with Crippen molar-refractivity contribution in [1.82, 2.24) is 9.88 Å². The molecule has 4 aromatic rings. The van der Waals surface area contributed by atoms with Gasteiger partial charge in [0.25, 0.3) is 15.9 Å². The summed E-state index contributed by atoms with van der Waals surface area (Å²) in [5, 5.41) is 0.386. The van der Waals surface area contributed by atoms with Crippen molar-refractivity contribution in [2.45, 2.75) is 11.4 Å². The summed E-state index contributed by atoms with van der Waals surface area (Å²) >= 11 is 13.5. The standard InChI is InChI=1S/C24H17Cl2N3O3S2/c1-29-13-16-8-14(2-4-19(16)24(29)30)21-5-6-22(33-21)15-9-18(12-27-11-15)28-34(31,32)23-7-3-17(25)10-20(23)26/h2-12,28H,13H2,1H3. The molecule has 0 radical (unpaired) electrons.